The molecule has 0 aromatic heterocycles. The van der Waals surface area contributed by atoms with Gasteiger partial charge in [-0.15, -0.1) is 0 Å². The van der Waals surface area contributed by atoms with E-state index >= 15 is 0 Å². The summed E-state index contributed by atoms with van der Waals surface area (Å²) in [7, 11) is 0. The van der Waals surface area contributed by atoms with E-state index in [0.717, 1.165) is 0 Å². The molecule has 0 aromatic carbocycles. The standard InChI is InChI=1S/C9H15NO5/c1-6(11)14-5-7(12)10-8(13)15-9(2,3)4/h5H2,1-4H3,(H,10,12,13). The summed E-state index contributed by atoms with van der Waals surface area (Å²) >= 11 is 0. The second kappa shape index (κ2) is 5.33. The fourth-order valence-electron chi connectivity index (χ4n) is 0.621. The molecule has 0 saturated carbocycles. The molecule has 2 amide bonds. The van der Waals surface area contributed by atoms with Crippen molar-refractivity contribution in [3.63, 3.8) is 0 Å². The highest BCUT2D eigenvalue weighted by molar-refractivity contribution is 5.93. The molecule has 0 bridgehead atoms. The molecule has 0 rings (SSSR count). The zero-order valence-electron chi connectivity index (χ0n) is 9.25. The van der Waals surface area contributed by atoms with Crippen molar-refractivity contribution in [2.24, 2.45) is 0 Å². The van der Waals surface area contributed by atoms with Crippen molar-refractivity contribution < 1.29 is 23.9 Å². The first-order valence-electron chi connectivity index (χ1n) is 4.37. The Morgan fingerprint density at radius 1 is 1.20 bits per heavy atom. The molecule has 86 valence electrons. The van der Waals surface area contributed by atoms with Crippen LogP contribution >= 0.6 is 0 Å². The molecule has 0 heterocycles. The van der Waals surface area contributed by atoms with Crippen LogP contribution in [0.5, 0.6) is 0 Å². The average molecular weight is 217 g/mol. The first-order valence-corrected chi connectivity index (χ1v) is 4.37. The van der Waals surface area contributed by atoms with Crippen LogP contribution in [0.2, 0.25) is 0 Å². The first-order chi connectivity index (χ1) is 6.70. The molecule has 0 aliphatic rings. The van der Waals surface area contributed by atoms with Gasteiger partial charge in [0, 0.05) is 6.92 Å². The molecule has 6 heteroatoms. The first kappa shape index (κ1) is 13.4. The number of imide groups is 1. The molecule has 0 aromatic rings. The minimum Gasteiger partial charge on any atom is -0.456 e. The molecule has 0 aliphatic heterocycles. The van der Waals surface area contributed by atoms with E-state index in [1.54, 1.807) is 20.8 Å². The van der Waals surface area contributed by atoms with Gasteiger partial charge in [0.2, 0.25) is 0 Å². The Morgan fingerprint density at radius 3 is 2.13 bits per heavy atom. The lowest BCUT2D eigenvalue weighted by Gasteiger charge is -2.19. The summed E-state index contributed by atoms with van der Waals surface area (Å²) < 4.78 is 9.18. The molecule has 0 spiro atoms. The van der Waals surface area contributed by atoms with Gasteiger partial charge in [0.1, 0.15) is 5.60 Å². The number of ether oxygens (including phenoxy) is 2. The van der Waals surface area contributed by atoms with Crippen LogP contribution in [0.4, 0.5) is 4.79 Å². The van der Waals surface area contributed by atoms with Gasteiger partial charge >= 0.3 is 12.1 Å². The lowest BCUT2D eigenvalue weighted by Crippen LogP contribution is -2.38. The predicted octanol–water partition coefficient (Wildman–Crippen LogP) is 0.601. The van der Waals surface area contributed by atoms with Gasteiger partial charge in [0.25, 0.3) is 5.91 Å². The molecule has 0 aliphatic carbocycles. The predicted molar refractivity (Wildman–Crippen MR) is 51.0 cm³/mol. The lowest BCUT2D eigenvalue weighted by molar-refractivity contribution is -0.146. The number of amides is 2. The van der Waals surface area contributed by atoms with Gasteiger partial charge in [-0.2, -0.15) is 0 Å². The summed E-state index contributed by atoms with van der Waals surface area (Å²) in [6.45, 7) is 5.69. The summed E-state index contributed by atoms with van der Waals surface area (Å²) in [5.41, 5.74) is -0.675. The second-order valence-corrected chi connectivity index (χ2v) is 3.83. The van der Waals surface area contributed by atoms with Crippen LogP contribution in [0.25, 0.3) is 0 Å². The monoisotopic (exact) mass is 217 g/mol. The maximum atomic E-state index is 11.0. The summed E-state index contributed by atoms with van der Waals surface area (Å²) in [6.07, 6.45) is -0.861. The van der Waals surface area contributed by atoms with E-state index in [1.807, 2.05) is 5.32 Å². The number of carbonyl (C=O) groups excluding carboxylic acids is 3. The third kappa shape index (κ3) is 8.73. The number of nitrogens with one attached hydrogen (secondary N) is 1. The van der Waals surface area contributed by atoms with Crippen molar-refractivity contribution >= 4 is 18.0 Å². The summed E-state index contributed by atoms with van der Waals surface area (Å²) in [4.78, 5) is 32.3. The van der Waals surface area contributed by atoms with Crippen molar-refractivity contribution in [3.05, 3.63) is 0 Å². The summed E-state index contributed by atoms with van der Waals surface area (Å²) in [5, 5.41) is 1.91. The SMILES string of the molecule is CC(=O)OCC(=O)NC(=O)OC(C)(C)C. The van der Waals surface area contributed by atoms with Crippen LogP contribution in [0.15, 0.2) is 0 Å². The largest absolute Gasteiger partial charge is 0.456 e. The number of carbonyl (C=O) groups is 3. The third-order valence-electron chi connectivity index (χ3n) is 1.05. The Morgan fingerprint density at radius 2 is 1.73 bits per heavy atom. The zero-order valence-corrected chi connectivity index (χ0v) is 9.25. The smallest absolute Gasteiger partial charge is 0.414 e. The van der Waals surface area contributed by atoms with Gasteiger partial charge in [-0.1, -0.05) is 0 Å². The average Bonchev–Trinajstić information content (AvgIpc) is 1.96. The number of hydrogen-bond donors (Lipinski definition) is 1. The Hall–Kier alpha value is -1.59. The van der Waals surface area contributed by atoms with Crippen LogP contribution in [-0.2, 0) is 19.1 Å². The van der Waals surface area contributed by atoms with Gasteiger partial charge in [-0.05, 0) is 20.8 Å². The number of alkyl carbamates (subject to hydrolysis) is 1. The van der Waals surface area contributed by atoms with Gasteiger partial charge in [-0.3, -0.25) is 14.9 Å². The molecular formula is C9H15NO5. The maximum absolute atomic E-state index is 11.0. The van der Waals surface area contributed by atoms with E-state index in [2.05, 4.69) is 4.74 Å². The normalized spacial score (nSPS) is 10.4. The fraction of sp³-hybridized carbons (Fsp3) is 0.667. The molecule has 1 N–H and O–H groups in total. The van der Waals surface area contributed by atoms with Crippen molar-refractivity contribution in [1.29, 1.82) is 0 Å². The summed E-state index contributed by atoms with van der Waals surface area (Å²) in [6, 6.07) is 0. The van der Waals surface area contributed by atoms with E-state index in [1.165, 1.54) is 6.92 Å². The van der Waals surface area contributed by atoms with Crippen LogP contribution in [-0.4, -0.2) is 30.2 Å². The van der Waals surface area contributed by atoms with Crippen LogP contribution in [0.3, 0.4) is 0 Å². The highest BCUT2D eigenvalue weighted by atomic mass is 16.6. The Bertz CT molecular complexity index is 266. The molecule has 0 fully saturated rings. The van der Waals surface area contributed by atoms with Crippen LogP contribution in [0, 0.1) is 0 Å². The van der Waals surface area contributed by atoms with Gasteiger partial charge in [0.15, 0.2) is 6.61 Å². The minimum atomic E-state index is -0.861. The van der Waals surface area contributed by atoms with Crippen molar-refractivity contribution in [2.75, 3.05) is 6.61 Å². The Labute approximate surface area is 87.9 Å². The van der Waals surface area contributed by atoms with Gasteiger partial charge < -0.3 is 9.47 Å². The highest BCUT2D eigenvalue weighted by Gasteiger charge is 2.18. The molecule has 0 radical (unpaired) electrons. The third-order valence-corrected chi connectivity index (χ3v) is 1.05. The van der Waals surface area contributed by atoms with Crippen molar-refractivity contribution in [3.8, 4) is 0 Å². The Balaban J connectivity index is 3.87. The molecular weight excluding hydrogens is 202 g/mol. The van der Waals surface area contributed by atoms with Crippen molar-refractivity contribution in [2.45, 2.75) is 33.3 Å². The van der Waals surface area contributed by atoms with Crippen molar-refractivity contribution in [1.82, 2.24) is 5.32 Å². The molecule has 0 saturated heterocycles. The Kier molecular flexibility index (Phi) is 4.77. The second-order valence-electron chi connectivity index (χ2n) is 3.83. The van der Waals surface area contributed by atoms with E-state index in [-0.39, 0.29) is 0 Å². The van der Waals surface area contributed by atoms with E-state index < -0.39 is 30.2 Å². The van der Waals surface area contributed by atoms with Gasteiger partial charge in [-0.25, -0.2) is 4.79 Å². The van der Waals surface area contributed by atoms with Crippen LogP contribution in [0.1, 0.15) is 27.7 Å². The van der Waals surface area contributed by atoms with E-state index in [9.17, 15) is 14.4 Å². The van der Waals surface area contributed by atoms with Gasteiger partial charge in [0.05, 0.1) is 0 Å². The summed E-state index contributed by atoms with van der Waals surface area (Å²) in [5.74, 6) is -1.31. The number of rotatable bonds is 2. The zero-order chi connectivity index (χ0) is 12.1. The van der Waals surface area contributed by atoms with Crippen LogP contribution < -0.4 is 5.32 Å². The van der Waals surface area contributed by atoms with E-state index in [0.29, 0.717) is 0 Å². The number of esters is 1. The molecule has 0 unspecified atom stereocenters. The molecule has 6 nitrogen and oxygen atoms in total. The molecule has 15 heavy (non-hydrogen) atoms. The maximum Gasteiger partial charge on any atom is 0.414 e. The fourth-order valence-corrected chi connectivity index (χ4v) is 0.621. The molecule has 0 atom stereocenters. The lowest BCUT2D eigenvalue weighted by atomic mass is 10.2. The quantitative estimate of drug-likeness (QED) is 0.685. The highest BCUT2D eigenvalue weighted by Crippen LogP contribution is 2.06. The topological polar surface area (TPSA) is 81.7 Å². The minimum absolute atomic E-state index is 0.491. The number of hydrogen-bond acceptors (Lipinski definition) is 5. The van der Waals surface area contributed by atoms with E-state index in [4.69, 9.17) is 4.74 Å².